The minimum absolute atomic E-state index is 0.0291. The van der Waals surface area contributed by atoms with E-state index in [0.29, 0.717) is 6.54 Å². The van der Waals surface area contributed by atoms with Crippen LogP contribution in [0.4, 0.5) is 0 Å². The lowest BCUT2D eigenvalue weighted by atomic mass is 10.1. The van der Waals surface area contributed by atoms with Crippen LogP contribution < -0.4 is 9.47 Å². The summed E-state index contributed by atoms with van der Waals surface area (Å²) in [6.45, 7) is 2.73. The number of fused-ring (bicyclic) bond motifs is 1. The molecule has 1 aliphatic rings. The average Bonchev–Trinajstić information content (AvgIpc) is 2.83. The third-order valence-electron chi connectivity index (χ3n) is 3.12. The van der Waals surface area contributed by atoms with Gasteiger partial charge in [0.2, 0.25) is 12.7 Å². The van der Waals surface area contributed by atoms with Gasteiger partial charge in [0.1, 0.15) is 0 Å². The minimum atomic E-state index is -0.0291. The van der Waals surface area contributed by atoms with Crippen LogP contribution >= 0.6 is 0 Å². The van der Waals surface area contributed by atoms with Gasteiger partial charge in [-0.3, -0.25) is 4.79 Å². The molecule has 1 aliphatic heterocycles. The number of carbonyl (C=O) groups is 1. The molecule has 0 saturated carbocycles. The second-order valence-corrected chi connectivity index (χ2v) is 4.54. The zero-order valence-electron chi connectivity index (χ0n) is 11.1. The van der Waals surface area contributed by atoms with Crippen LogP contribution in [-0.2, 0) is 11.3 Å². The van der Waals surface area contributed by atoms with Gasteiger partial charge in [0.25, 0.3) is 0 Å². The molecular weight excluding hydrogens is 244 g/mol. The molecule has 0 atom stereocenters. The molecule has 0 aromatic heterocycles. The Balaban J connectivity index is 2.07. The lowest BCUT2D eigenvalue weighted by Gasteiger charge is -2.18. The van der Waals surface area contributed by atoms with E-state index in [1.165, 1.54) is 0 Å². The van der Waals surface area contributed by atoms with E-state index in [1.807, 2.05) is 25.1 Å². The van der Waals surface area contributed by atoms with Crippen molar-refractivity contribution in [1.29, 1.82) is 5.26 Å². The maximum absolute atomic E-state index is 11.8. The van der Waals surface area contributed by atoms with Gasteiger partial charge in [-0.2, -0.15) is 5.26 Å². The van der Waals surface area contributed by atoms with E-state index in [4.69, 9.17) is 14.7 Å². The van der Waals surface area contributed by atoms with Crippen molar-refractivity contribution >= 4 is 5.91 Å². The number of benzene rings is 1. The molecular formula is C14H16N2O3. The standard InChI is InChI=1S/C14H16N2O3/c1-10-6-12-13(19-9-18-12)7-11(10)8-16(2)14(17)4-3-5-15/h6-7H,3-4,8-9H2,1-2H3. The Morgan fingerprint density at radius 3 is 2.79 bits per heavy atom. The van der Waals surface area contributed by atoms with Gasteiger partial charge < -0.3 is 14.4 Å². The first-order valence-electron chi connectivity index (χ1n) is 6.12. The van der Waals surface area contributed by atoms with Crippen LogP contribution in [0.3, 0.4) is 0 Å². The van der Waals surface area contributed by atoms with Crippen molar-refractivity contribution in [3.05, 3.63) is 23.3 Å². The molecule has 1 heterocycles. The van der Waals surface area contributed by atoms with Gasteiger partial charge in [-0.05, 0) is 30.2 Å². The Kier molecular flexibility index (Phi) is 3.91. The lowest BCUT2D eigenvalue weighted by molar-refractivity contribution is -0.130. The Morgan fingerprint density at radius 1 is 1.42 bits per heavy atom. The monoisotopic (exact) mass is 260 g/mol. The van der Waals surface area contributed by atoms with Gasteiger partial charge in [0, 0.05) is 26.4 Å². The van der Waals surface area contributed by atoms with E-state index in [9.17, 15) is 4.79 Å². The summed E-state index contributed by atoms with van der Waals surface area (Å²) in [5.74, 6) is 1.44. The summed E-state index contributed by atoms with van der Waals surface area (Å²) in [5, 5.41) is 8.49. The van der Waals surface area contributed by atoms with E-state index >= 15 is 0 Å². The van der Waals surface area contributed by atoms with Crippen molar-refractivity contribution in [1.82, 2.24) is 4.90 Å². The Hall–Kier alpha value is -2.22. The van der Waals surface area contributed by atoms with Crippen molar-refractivity contribution in [2.45, 2.75) is 26.3 Å². The molecule has 1 amide bonds. The van der Waals surface area contributed by atoms with E-state index < -0.39 is 0 Å². The molecule has 0 radical (unpaired) electrons. The Labute approximate surface area is 112 Å². The second-order valence-electron chi connectivity index (χ2n) is 4.54. The highest BCUT2D eigenvalue weighted by atomic mass is 16.7. The molecule has 1 aromatic rings. The van der Waals surface area contributed by atoms with Gasteiger partial charge in [-0.1, -0.05) is 0 Å². The Bertz CT molecular complexity index is 534. The number of rotatable bonds is 4. The van der Waals surface area contributed by atoms with Crippen molar-refractivity contribution in [2.24, 2.45) is 0 Å². The smallest absolute Gasteiger partial charge is 0.231 e. The number of hydrogen-bond acceptors (Lipinski definition) is 4. The fourth-order valence-corrected chi connectivity index (χ4v) is 1.95. The average molecular weight is 260 g/mol. The largest absolute Gasteiger partial charge is 0.454 e. The molecule has 2 rings (SSSR count). The number of aryl methyl sites for hydroxylation is 1. The zero-order valence-corrected chi connectivity index (χ0v) is 11.1. The summed E-state index contributed by atoms with van der Waals surface area (Å²) in [6, 6.07) is 5.81. The number of hydrogen-bond donors (Lipinski definition) is 0. The molecule has 0 saturated heterocycles. The first-order chi connectivity index (χ1) is 9.11. The predicted molar refractivity (Wildman–Crippen MR) is 68.6 cm³/mol. The molecule has 5 heteroatoms. The first kappa shape index (κ1) is 13.2. The second kappa shape index (κ2) is 5.61. The summed E-state index contributed by atoms with van der Waals surface area (Å²) >= 11 is 0. The number of nitrogens with zero attached hydrogens (tertiary/aromatic N) is 2. The van der Waals surface area contributed by atoms with E-state index in [0.717, 1.165) is 22.6 Å². The topological polar surface area (TPSA) is 62.6 Å². The first-order valence-corrected chi connectivity index (χ1v) is 6.12. The Morgan fingerprint density at radius 2 is 2.11 bits per heavy atom. The molecule has 1 aromatic carbocycles. The number of nitriles is 1. The number of amides is 1. The number of ether oxygens (including phenoxy) is 2. The van der Waals surface area contributed by atoms with Gasteiger partial charge >= 0.3 is 0 Å². The summed E-state index contributed by atoms with van der Waals surface area (Å²) in [7, 11) is 1.74. The van der Waals surface area contributed by atoms with Crippen LogP contribution in [0.1, 0.15) is 24.0 Å². The van der Waals surface area contributed by atoms with Crippen molar-refractivity contribution in [3.8, 4) is 17.6 Å². The van der Waals surface area contributed by atoms with Crippen LogP contribution in [0, 0.1) is 18.3 Å². The SMILES string of the molecule is Cc1cc2c(cc1CN(C)C(=O)CCC#N)OCO2. The summed E-state index contributed by atoms with van der Waals surface area (Å²) in [5.41, 5.74) is 2.08. The summed E-state index contributed by atoms with van der Waals surface area (Å²) < 4.78 is 10.6. The van der Waals surface area contributed by atoms with Crippen LogP contribution in [0.25, 0.3) is 0 Å². The van der Waals surface area contributed by atoms with Gasteiger partial charge in [-0.15, -0.1) is 0 Å². The maximum Gasteiger partial charge on any atom is 0.231 e. The quantitative estimate of drug-likeness (QED) is 0.830. The highest BCUT2D eigenvalue weighted by Crippen LogP contribution is 2.34. The molecule has 0 unspecified atom stereocenters. The van der Waals surface area contributed by atoms with Crippen molar-refractivity contribution < 1.29 is 14.3 Å². The molecule has 5 nitrogen and oxygen atoms in total. The van der Waals surface area contributed by atoms with Gasteiger partial charge in [0.15, 0.2) is 11.5 Å². The molecule has 0 spiro atoms. The third-order valence-corrected chi connectivity index (χ3v) is 3.12. The molecule has 0 fully saturated rings. The lowest BCUT2D eigenvalue weighted by Crippen LogP contribution is -2.26. The summed E-state index contributed by atoms with van der Waals surface area (Å²) in [6.07, 6.45) is 0.514. The highest BCUT2D eigenvalue weighted by molar-refractivity contribution is 5.76. The van der Waals surface area contributed by atoms with E-state index in [2.05, 4.69) is 0 Å². The fourth-order valence-electron chi connectivity index (χ4n) is 1.95. The summed E-state index contributed by atoms with van der Waals surface area (Å²) in [4.78, 5) is 13.4. The van der Waals surface area contributed by atoms with Crippen LogP contribution in [0.5, 0.6) is 11.5 Å². The molecule has 0 N–H and O–H groups in total. The van der Waals surface area contributed by atoms with Gasteiger partial charge in [-0.25, -0.2) is 0 Å². The third kappa shape index (κ3) is 2.97. The molecule has 100 valence electrons. The van der Waals surface area contributed by atoms with Crippen molar-refractivity contribution in [2.75, 3.05) is 13.8 Å². The molecule has 19 heavy (non-hydrogen) atoms. The normalized spacial score (nSPS) is 12.1. The van der Waals surface area contributed by atoms with Crippen LogP contribution in [-0.4, -0.2) is 24.6 Å². The minimum Gasteiger partial charge on any atom is -0.454 e. The molecule has 0 aliphatic carbocycles. The predicted octanol–water partition coefficient (Wildman–Crippen LogP) is 1.99. The van der Waals surface area contributed by atoms with Crippen molar-refractivity contribution in [3.63, 3.8) is 0 Å². The highest BCUT2D eigenvalue weighted by Gasteiger charge is 2.17. The number of carbonyl (C=O) groups excluding carboxylic acids is 1. The maximum atomic E-state index is 11.8. The van der Waals surface area contributed by atoms with Gasteiger partial charge in [0.05, 0.1) is 6.07 Å². The van der Waals surface area contributed by atoms with E-state index in [-0.39, 0.29) is 25.5 Å². The van der Waals surface area contributed by atoms with E-state index in [1.54, 1.807) is 11.9 Å². The fraction of sp³-hybridized carbons (Fsp3) is 0.429. The van der Waals surface area contributed by atoms with Crippen LogP contribution in [0.15, 0.2) is 12.1 Å². The molecule has 0 bridgehead atoms. The zero-order chi connectivity index (χ0) is 13.8. The van der Waals surface area contributed by atoms with Crippen LogP contribution in [0.2, 0.25) is 0 Å².